The average Bonchev–Trinajstić information content (AvgIpc) is 2.56. The number of halogens is 1. The first-order valence-electron chi connectivity index (χ1n) is 7.24. The lowest BCUT2D eigenvalue weighted by atomic mass is 10.1. The van der Waals surface area contributed by atoms with Crippen LogP contribution in [0.3, 0.4) is 0 Å². The quantitative estimate of drug-likeness (QED) is 0.868. The standard InChI is InChI=1S/C16H19FN4/c1-13(14-2-4-15(17)5-3-14)20-8-10-21(11-9-20)16-6-7-18-12-19-16/h2-7,12-13H,8-11H2,1H3/t13-/m1/s1. The maximum atomic E-state index is 13.0. The predicted octanol–water partition coefficient (Wildman–Crippen LogP) is 2.50. The van der Waals surface area contributed by atoms with Gasteiger partial charge in [-0.1, -0.05) is 12.1 Å². The lowest BCUT2D eigenvalue weighted by Gasteiger charge is -2.38. The summed E-state index contributed by atoms with van der Waals surface area (Å²) in [6.07, 6.45) is 3.36. The molecule has 1 fully saturated rings. The molecule has 0 aliphatic carbocycles. The molecule has 1 aliphatic heterocycles. The van der Waals surface area contributed by atoms with Crippen LogP contribution < -0.4 is 4.90 Å². The van der Waals surface area contributed by atoms with Crippen molar-refractivity contribution in [2.24, 2.45) is 0 Å². The summed E-state index contributed by atoms with van der Waals surface area (Å²) in [4.78, 5) is 12.9. The van der Waals surface area contributed by atoms with Crippen LogP contribution in [-0.2, 0) is 0 Å². The molecule has 3 rings (SSSR count). The van der Waals surface area contributed by atoms with Gasteiger partial charge in [0.2, 0.25) is 0 Å². The number of benzene rings is 1. The molecule has 0 radical (unpaired) electrons. The Kier molecular flexibility index (Phi) is 4.10. The molecular formula is C16H19FN4. The molecule has 0 spiro atoms. The van der Waals surface area contributed by atoms with E-state index in [0.717, 1.165) is 37.6 Å². The van der Waals surface area contributed by atoms with E-state index in [1.807, 2.05) is 18.2 Å². The maximum Gasteiger partial charge on any atom is 0.131 e. The highest BCUT2D eigenvalue weighted by atomic mass is 19.1. The van der Waals surface area contributed by atoms with E-state index >= 15 is 0 Å². The third-order valence-electron chi connectivity index (χ3n) is 4.10. The zero-order valence-electron chi connectivity index (χ0n) is 12.1. The van der Waals surface area contributed by atoms with Gasteiger partial charge < -0.3 is 4.90 Å². The number of piperazine rings is 1. The molecule has 0 bridgehead atoms. The van der Waals surface area contributed by atoms with Crippen molar-refractivity contribution in [2.75, 3.05) is 31.1 Å². The Balaban J connectivity index is 1.61. The zero-order valence-corrected chi connectivity index (χ0v) is 12.1. The molecule has 1 aromatic heterocycles. The van der Waals surface area contributed by atoms with Gasteiger partial charge in [0.25, 0.3) is 0 Å². The van der Waals surface area contributed by atoms with E-state index in [0.29, 0.717) is 6.04 Å². The summed E-state index contributed by atoms with van der Waals surface area (Å²) in [6, 6.07) is 9.05. The highest BCUT2D eigenvalue weighted by molar-refractivity contribution is 5.37. The van der Waals surface area contributed by atoms with Gasteiger partial charge in [0.05, 0.1) is 0 Å². The third kappa shape index (κ3) is 3.19. The average molecular weight is 286 g/mol. The lowest BCUT2D eigenvalue weighted by Crippen LogP contribution is -2.47. The van der Waals surface area contributed by atoms with Crippen molar-refractivity contribution < 1.29 is 4.39 Å². The fraction of sp³-hybridized carbons (Fsp3) is 0.375. The van der Waals surface area contributed by atoms with Gasteiger partial charge in [0.1, 0.15) is 18.0 Å². The van der Waals surface area contributed by atoms with E-state index in [1.165, 1.54) is 12.1 Å². The van der Waals surface area contributed by atoms with Crippen molar-refractivity contribution in [1.82, 2.24) is 14.9 Å². The van der Waals surface area contributed by atoms with Crippen molar-refractivity contribution >= 4 is 5.82 Å². The van der Waals surface area contributed by atoms with Crippen LogP contribution in [0, 0.1) is 5.82 Å². The molecule has 4 nitrogen and oxygen atoms in total. The Morgan fingerprint density at radius 3 is 2.38 bits per heavy atom. The molecule has 2 heterocycles. The fourth-order valence-electron chi connectivity index (χ4n) is 2.76. The second kappa shape index (κ2) is 6.18. The highest BCUT2D eigenvalue weighted by Gasteiger charge is 2.22. The monoisotopic (exact) mass is 286 g/mol. The molecule has 1 saturated heterocycles. The Labute approximate surface area is 124 Å². The van der Waals surface area contributed by atoms with Crippen molar-refractivity contribution in [1.29, 1.82) is 0 Å². The number of anilines is 1. The molecular weight excluding hydrogens is 267 g/mol. The third-order valence-corrected chi connectivity index (χ3v) is 4.10. The summed E-state index contributed by atoms with van der Waals surface area (Å²) < 4.78 is 13.0. The molecule has 0 saturated carbocycles. The summed E-state index contributed by atoms with van der Waals surface area (Å²) in [5.74, 6) is 0.804. The number of nitrogens with zero attached hydrogens (tertiary/aromatic N) is 4. The first-order valence-corrected chi connectivity index (χ1v) is 7.24. The summed E-state index contributed by atoms with van der Waals surface area (Å²) in [5.41, 5.74) is 1.16. The van der Waals surface area contributed by atoms with Gasteiger partial charge in [-0.2, -0.15) is 0 Å². The van der Waals surface area contributed by atoms with Crippen LogP contribution in [0.2, 0.25) is 0 Å². The zero-order chi connectivity index (χ0) is 14.7. The second-order valence-corrected chi connectivity index (χ2v) is 5.32. The SMILES string of the molecule is C[C@H](c1ccc(F)cc1)N1CCN(c2ccncn2)CC1. The van der Waals surface area contributed by atoms with Crippen molar-refractivity contribution in [3.05, 3.63) is 54.2 Å². The van der Waals surface area contributed by atoms with Crippen molar-refractivity contribution in [2.45, 2.75) is 13.0 Å². The van der Waals surface area contributed by atoms with E-state index in [9.17, 15) is 4.39 Å². The lowest BCUT2D eigenvalue weighted by molar-refractivity contribution is 0.198. The first kappa shape index (κ1) is 13.9. The van der Waals surface area contributed by atoms with Crippen LogP contribution in [0.15, 0.2) is 42.9 Å². The van der Waals surface area contributed by atoms with E-state index < -0.39 is 0 Å². The topological polar surface area (TPSA) is 32.3 Å². The predicted molar refractivity (Wildman–Crippen MR) is 80.6 cm³/mol. The van der Waals surface area contributed by atoms with Gasteiger partial charge in [-0.25, -0.2) is 14.4 Å². The fourth-order valence-corrected chi connectivity index (χ4v) is 2.76. The van der Waals surface area contributed by atoms with Crippen LogP contribution >= 0.6 is 0 Å². The summed E-state index contributed by atoms with van der Waals surface area (Å²) in [5, 5.41) is 0. The number of rotatable bonds is 3. The molecule has 1 aliphatic rings. The van der Waals surface area contributed by atoms with E-state index in [1.54, 1.807) is 12.5 Å². The van der Waals surface area contributed by atoms with Gasteiger partial charge in [-0.3, -0.25) is 4.90 Å². The van der Waals surface area contributed by atoms with Gasteiger partial charge in [0.15, 0.2) is 0 Å². The Bertz CT molecular complexity index is 565. The van der Waals surface area contributed by atoms with Gasteiger partial charge >= 0.3 is 0 Å². The normalized spacial score (nSPS) is 17.7. The highest BCUT2D eigenvalue weighted by Crippen LogP contribution is 2.23. The molecule has 0 N–H and O–H groups in total. The minimum atomic E-state index is -0.181. The molecule has 110 valence electrons. The minimum absolute atomic E-state index is 0.181. The van der Waals surface area contributed by atoms with Gasteiger partial charge in [-0.05, 0) is 30.7 Å². The van der Waals surface area contributed by atoms with Crippen molar-refractivity contribution in [3.8, 4) is 0 Å². The molecule has 21 heavy (non-hydrogen) atoms. The summed E-state index contributed by atoms with van der Waals surface area (Å²) in [6.45, 7) is 6.02. The minimum Gasteiger partial charge on any atom is -0.354 e. The van der Waals surface area contributed by atoms with Crippen LogP contribution in [-0.4, -0.2) is 41.0 Å². The van der Waals surface area contributed by atoms with Crippen molar-refractivity contribution in [3.63, 3.8) is 0 Å². The summed E-state index contributed by atoms with van der Waals surface area (Å²) >= 11 is 0. The van der Waals surface area contributed by atoms with Crippen LogP contribution in [0.25, 0.3) is 0 Å². The van der Waals surface area contributed by atoms with E-state index in [2.05, 4.69) is 26.7 Å². The Hall–Kier alpha value is -2.01. The first-order chi connectivity index (χ1) is 10.2. The smallest absolute Gasteiger partial charge is 0.131 e. The van der Waals surface area contributed by atoms with Gasteiger partial charge in [0, 0.05) is 38.4 Å². The second-order valence-electron chi connectivity index (χ2n) is 5.32. The van der Waals surface area contributed by atoms with E-state index in [-0.39, 0.29) is 5.82 Å². The van der Waals surface area contributed by atoms with Gasteiger partial charge in [-0.15, -0.1) is 0 Å². The number of aromatic nitrogens is 2. The molecule has 1 atom stereocenters. The number of hydrogen-bond acceptors (Lipinski definition) is 4. The maximum absolute atomic E-state index is 13.0. The number of hydrogen-bond donors (Lipinski definition) is 0. The Morgan fingerprint density at radius 2 is 1.76 bits per heavy atom. The largest absolute Gasteiger partial charge is 0.354 e. The molecule has 2 aromatic rings. The summed E-state index contributed by atoms with van der Waals surface area (Å²) in [7, 11) is 0. The molecule has 0 amide bonds. The molecule has 0 unspecified atom stereocenters. The van der Waals surface area contributed by atoms with E-state index in [4.69, 9.17) is 0 Å². The van der Waals surface area contributed by atoms with Crippen LogP contribution in [0.1, 0.15) is 18.5 Å². The Morgan fingerprint density at radius 1 is 1.05 bits per heavy atom. The molecule has 5 heteroatoms. The van der Waals surface area contributed by atoms with Crippen LogP contribution in [0.5, 0.6) is 0 Å². The molecule has 1 aromatic carbocycles. The van der Waals surface area contributed by atoms with Crippen LogP contribution in [0.4, 0.5) is 10.2 Å².